The number of anilines is 1. The number of aromatic hydroxyl groups is 1. The SMILES string of the molecule is CCN(CCC(=O)N(CCNCCc1ccc(O)c2[nH]c(=O)ccc12)C1CCCCC1)c1ccc(Cl)cc1. The normalized spacial score (nSPS) is 14.1. The van der Waals surface area contributed by atoms with Crippen LogP contribution in [0.3, 0.4) is 0 Å². The lowest BCUT2D eigenvalue weighted by Crippen LogP contribution is -2.46. The molecule has 4 rings (SSSR count). The molecule has 0 saturated heterocycles. The molecule has 3 aromatic rings. The Labute approximate surface area is 229 Å². The van der Waals surface area contributed by atoms with Gasteiger partial charge in [0.2, 0.25) is 11.5 Å². The van der Waals surface area contributed by atoms with E-state index < -0.39 is 0 Å². The molecule has 8 heteroatoms. The Morgan fingerprint density at radius 2 is 1.79 bits per heavy atom. The third-order valence-electron chi connectivity index (χ3n) is 7.57. The summed E-state index contributed by atoms with van der Waals surface area (Å²) in [6, 6.07) is 14.9. The summed E-state index contributed by atoms with van der Waals surface area (Å²) >= 11 is 6.05. The third kappa shape index (κ3) is 7.29. The first-order valence-corrected chi connectivity index (χ1v) is 14.2. The average Bonchev–Trinajstić information content (AvgIpc) is 2.93. The second-order valence-electron chi connectivity index (χ2n) is 10.0. The Morgan fingerprint density at radius 3 is 2.53 bits per heavy atom. The largest absolute Gasteiger partial charge is 0.506 e. The maximum atomic E-state index is 13.4. The predicted octanol–water partition coefficient (Wildman–Crippen LogP) is 5.10. The Kier molecular flexibility index (Phi) is 10.1. The summed E-state index contributed by atoms with van der Waals surface area (Å²) < 4.78 is 0. The minimum absolute atomic E-state index is 0.0775. The summed E-state index contributed by atoms with van der Waals surface area (Å²) in [5.74, 6) is 0.299. The van der Waals surface area contributed by atoms with Crippen LogP contribution < -0.4 is 15.8 Å². The summed E-state index contributed by atoms with van der Waals surface area (Å²) in [5.41, 5.74) is 2.39. The number of aromatic nitrogens is 1. The molecule has 38 heavy (non-hydrogen) atoms. The van der Waals surface area contributed by atoms with Gasteiger partial charge in [0, 0.05) is 60.8 Å². The fourth-order valence-electron chi connectivity index (χ4n) is 5.46. The number of H-pyrrole nitrogens is 1. The number of rotatable bonds is 12. The minimum Gasteiger partial charge on any atom is -0.506 e. The van der Waals surface area contributed by atoms with E-state index in [1.807, 2.05) is 30.3 Å². The number of hydrogen-bond donors (Lipinski definition) is 3. The highest BCUT2D eigenvalue weighted by Crippen LogP contribution is 2.25. The quantitative estimate of drug-likeness (QED) is 0.279. The molecular weight excluding hydrogens is 500 g/mol. The zero-order valence-corrected chi connectivity index (χ0v) is 23.0. The van der Waals surface area contributed by atoms with Gasteiger partial charge in [-0.2, -0.15) is 0 Å². The summed E-state index contributed by atoms with van der Waals surface area (Å²) in [6.45, 7) is 5.79. The van der Waals surface area contributed by atoms with Gasteiger partial charge in [-0.1, -0.05) is 36.9 Å². The van der Waals surface area contributed by atoms with E-state index in [0.29, 0.717) is 36.1 Å². The molecule has 0 unspecified atom stereocenters. The number of phenolic OH excluding ortho intramolecular Hbond substituents is 1. The van der Waals surface area contributed by atoms with Crippen LogP contribution in [0.4, 0.5) is 5.69 Å². The molecule has 3 N–H and O–H groups in total. The van der Waals surface area contributed by atoms with Crippen molar-refractivity contribution in [1.82, 2.24) is 15.2 Å². The fourth-order valence-corrected chi connectivity index (χ4v) is 5.59. The molecule has 0 radical (unpaired) electrons. The molecule has 1 aliphatic rings. The van der Waals surface area contributed by atoms with Crippen LogP contribution in [0, 0.1) is 0 Å². The van der Waals surface area contributed by atoms with Gasteiger partial charge >= 0.3 is 0 Å². The predicted molar refractivity (Wildman–Crippen MR) is 155 cm³/mol. The Morgan fingerprint density at radius 1 is 1.03 bits per heavy atom. The van der Waals surface area contributed by atoms with E-state index in [1.165, 1.54) is 25.3 Å². The molecule has 0 bridgehead atoms. The first kappa shape index (κ1) is 28.0. The second-order valence-corrected chi connectivity index (χ2v) is 10.5. The lowest BCUT2D eigenvalue weighted by atomic mass is 9.94. The molecule has 0 spiro atoms. The number of pyridine rings is 1. The van der Waals surface area contributed by atoms with E-state index in [-0.39, 0.29) is 17.2 Å². The number of hydrogen-bond acceptors (Lipinski definition) is 5. The first-order chi connectivity index (χ1) is 18.5. The van der Waals surface area contributed by atoms with Crippen molar-refractivity contribution in [3.63, 3.8) is 0 Å². The molecule has 204 valence electrons. The highest BCUT2D eigenvalue weighted by molar-refractivity contribution is 6.30. The van der Waals surface area contributed by atoms with Crippen molar-refractivity contribution in [2.45, 2.75) is 57.9 Å². The molecule has 1 amide bonds. The molecule has 1 fully saturated rings. The van der Waals surface area contributed by atoms with Crippen LogP contribution >= 0.6 is 11.6 Å². The number of fused-ring (bicyclic) bond motifs is 1. The van der Waals surface area contributed by atoms with Gasteiger partial charge < -0.3 is 25.2 Å². The summed E-state index contributed by atoms with van der Waals surface area (Å²) in [7, 11) is 0. The lowest BCUT2D eigenvalue weighted by Gasteiger charge is -2.35. The summed E-state index contributed by atoms with van der Waals surface area (Å²) in [4.78, 5) is 32.2. The first-order valence-electron chi connectivity index (χ1n) is 13.8. The molecule has 1 aromatic heterocycles. The van der Waals surface area contributed by atoms with E-state index in [4.69, 9.17) is 11.6 Å². The minimum atomic E-state index is -0.231. The van der Waals surface area contributed by atoms with E-state index in [1.54, 1.807) is 12.1 Å². The van der Waals surface area contributed by atoms with Gasteiger partial charge in [0.25, 0.3) is 0 Å². The van der Waals surface area contributed by atoms with Crippen LogP contribution in [0.15, 0.2) is 53.3 Å². The van der Waals surface area contributed by atoms with Gasteiger partial charge in [-0.15, -0.1) is 0 Å². The number of halogens is 1. The third-order valence-corrected chi connectivity index (χ3v) is 7.82. The Bertz CT molecular complexity index is 1250. The monoisotopic (exact) mass is 538 g/mol. The zero-order chi connectivity index (χ0) is 26.9. The maximum absolute atomic E-state index is 13.4. The van der Waals surface area contributed by atoms with Gasteiger partial charge in [-0.3, -0.25) is 9.59 Å². The highest BCUT2D eigenvalue weighted by atomic mass is 35.5. The van der Waals surface area contributed by atoms with E-state index in [9.17, 15) is 14.7 Å². The van der Waals surface area contributed by atoms with Gasteiger partial charge in [0.1, 0.15) is 5.75 Å². The average molecular weight is 539 g/mol. The number of carbonyl (C=O) groups excluding carboxylic acids is 1. The highest BCUT2D eigenvalue weighted by Gasteiger charge is 2.25. The topological polar surface area (TPSA) is 88.7 Å². The standard InChI is InChI=1S/C30H39ClN4O3/c1-2-34(24-11-9-23(31)10-12-24)20-17-29(38)35(25-6-4-3-5-7-25)21-19-32-18-16-22-8-14-27(36)30-26(22)13-15-28(37)33-30/h8-15,25,32,36H,2-7,16-21H2,1H3,(H,33,37). The zero-order valence-electron chi connectivity index (χ0n) is 22.2. The van der Waals surface area contributed by atoms with Crippen molar-refractivity contribution in [1.29, 1.82) is 0 Å². The van der Waals surface area contributed by atoms with E-state index in [0.717, 1.165) is 55.5 Å². The lowest BCUT2D eigenvalue weighted by molar-refractivity contribution is -0.134. The van der Waals surface area contributed by atoms with Crippen molar-refractivity contribution in [2.75, 3.05) is 37.6 Å². The van der Waals surface area contributed by atoms with E-state index in [2.05, 4.69) is 27.0 Å². The fraction of sp³-hybridized carbons (Fsp3) is 0.467. The maximum Gasteiger partial charge on any atom is 0.248 e. The molecule has 1 saturated carbocycles. The molecule has 0 atom stereocenters. The summed E-state index contributed by atoms with van der Waals surface area (Å²) in [6.07, 6.45) is 7.03. The molecule has 7 nitrogen and oxygen atoms in total. The molecule has 2 aromatic carbocycles. The van der Waals surface area contributed by atoms with Gasteiger partial charge in [0.15, 0.2) is 0 Å². The van der Waals surface area contributed by atoms with Crippen molar-refractivity contribution >= 4 is 34.1 Å². The van der Waals surface area contributed by atoms with Crippen LogP contribution in [-0.4, -0.2) is 59.7 Å². The van der Waals surface area contributed by atoms with Gasteiger partial charge in [-0.05, 0) is 74.7 Å². The molecule has 1 heterocycles. The smallest absolute Gasteiger partial charge is 0.248 e. The van der Waals surface area contributed by atoms with Crippen LogP contribution in [-0.2, 0) is 11.2 Å². The number of nitrogens with one attached hydrogen (secondary N) is 2. The number of nitrogens with zero attached hydrogens (tertiary/aromatic N) is 2. The number of carbonyl (C=O) groups is 1. The second kappa shape index (κ2) is 13.7. The van der Waals surface area contributed by atoms with Crippen LogP contribution in [0.25, 0.3) is 10.9 Å². The molecule has 0 aliphatic heterocycles. The molecular formula is C30H39ClN4O3. The Hall–Kier alpha value is -3.03. The number of aromatic amines is 1. The van der Waals surface area contributed by atoms with Gasteiger partial charge in [-0.25, -0.2) is 0 Å². The van der Waals surface area contributed by atoms with E-state index >= 15 is 0 Å². The van der Waals surface area contributed by atoms with Gasteiger partial charge in [0.05, 0.1) is 5.52 Å². The van der Waals surface area contributed by atoms with Crippen LogP contribution in [0.5, 0.6) is 5.75 Å². The molecule has 1 aliphatic carbocycles. The van der Waals surface area contributed by atoms with Crippen molar-refractivity contribution < 1.29 is 9.90 Å². The Balaban J connectivity index is 1.32. The number of phenols is 1. The van der Waals surface area contributed by atoms with Crippen molar-refractivity contribution in [3.8, 4) is 5.75 Å². The summed E-state index contributed by atoms with van der Waals surface area (Å²) in [5, 5.41) is 15.2. The van der Waals surface area contributed by atoms with Crippen molar-refractivity contribution in [2.24, 2.45) is 0 Å². The number of amides is 1. The van der Waals surface area contributed by atoms with Crippen molar-refractivity contribution in [3.05, 3.63) is 69.5 Å². The number of benzene rings is 2. The van der Waals surface area contributed by atoms with Crippen LogP contribution in [0.2, 0.25) is 5.02 Å². The van der Waals surface area contributed by atoms with Crippen LogP contribution in [0.1, 0.15) is 51.0 Å².